The van der Waals surface area contributed by atoms with E-state index in [1.807, 2.05) is 6.92 Å². The quantitative estimate of drug-likeness (QED) is 0.925. The highest BCUT2D eigenvalue weighted by Crippen LogP contribution is 2.17. The Bertz CT molecular complexity index is 398. The van der Waals surface area contributed by atoms with Gasteiger partial charge in [0.1, 0.15) is 5.82 Å². The molecule has 2 N–H and O–H groups in total. The van der Waals surface area contributed by atoms with E-state index >= 15 is 0 Å². The fourth-order valence-corrected chi connectivity index (χ4v) is 1.54. The molecule has 1 amide bonds. The smallest absolute Gasteiger partial charge is 0.256 e. The Labute approximate surface area is 103 Å². The van der Waals surface area contributed by atoms with Crippen LogP contribution >= 0.6 is 15.9 Å². The summed E-state index contributed by atoms with van der Waals surface area (Å²) < 4.78 is 14.1. The van der Waals surface area contributed by atoms with Crippen molar-refractivity contribution >= 4 is 21.8 Å². The minimum Gasteiger partial charge on any atom is -0.338 e. The van der Waals surface area contributed by atoms with E-state index in [1.165, 1.54) is 17.0 Å². The molecule has 0 saturated carbocycles. The lowest BCUT2D eigenvalue weighted by Gasteiger charge is -2.23. The maximum atomic E-state index is 13.5. The predicted octanol–water partition coefficient (Wildman–Crippen LogP) is 2.01. The van der Waals surface area contributed by atoms with Gasteiger partial charge in [0, 0.05) is 24.1 Å². The largest absolute Gasteiger partial charge is 0.338 e. The Morgan fingerprint density at radius 2 is 2.25 bits per heavy atom. The molecule has 0 aliphatic carbocycles. The second-order valence-electron chi connectivity index (χ2n) is 3.62. The summed E-state index contributed by atoms with van der Waals surface area (Å²) in [5.41, 5.74) is 5.52. The summed E-state index contributed by atoms with van der Waals surface area (Å²) in [6, 6.07) is 4.25. The van der Waals surface area contributed by atoms with Crippen LogP contribution < -0.4 is 5.73 Å². The van der Waals surface area contributed by atoms with E-state index in [0.29, 0.717) is 11.0 Å². The van der Waals surface area contributed by atoms with Crippen molar-refractivity contribution in [3.05, 3.63) is 34.1 Å². The SMILES string of the molecule is CC(CN)N(C)C(=O)c1ccc(Br)cc1F. The number of benzene rings is 1. The van der Waals surface area contributed by atoms with Gasteiger partial charge in [-0.1, -0.05) is 15.9 Å². The molecule has 1 aromatic rings. The molecule has 5 heteroatoms. The first kappa shape index (κ1) is 13.1. The number of rotatable bonds is 3. The second kappa shape index (κ2) is 5.41. The lowest BCUT2D eigenvalue weighted by atomic mass is 10.1. The Balaban J connectivity index is 2.96. The minimum absolute atomic E-state index is 0.0611. The number of hydrogen-bond donors (Lipinski definition) is 1. The van der Waals surface area contributed by atoms with Gasteiger partial charge in [-0.05, 0) is 25.1 Å². The maximum absolute atomic E-state index is 13.5. The van der Waals surface area contributed by atoms with E-state index < -0.39 is 5.82 Å². The molecule has 0 fully saturated rings. The number of likely N-dealkylation sites (N-methyl/N-ethyl adjacent to an activating group) is 1. The molecular formula is C11H14BrFN2O. The molecule has 1 aromatic carbocycles. The van der Waals surface area contributed by atoms with E-state index in [9.17, 15) is 9.18 Å². The normalized spacial score (nSPS) is 12.3. The van der Waals surface area contributed by atoms with Crippen molar-refractivity contribution in [1.82, 2.24) is 4.90 Å². The van der Waals surface area contributed by atoms with Crippen LogP contribution in [-0.4, -0.2) is 30.4 Å². The third kappa shape index (κ3) is 2.80. The Morgan fingerprint density at radius 3 is 2.75 bits per heavy atom. The van der Waals surface area contributed by atoms with Crippen LogP contribution in [0.1, 0.15) is 17.3 Å². The average Bonchev–Trinajstić information content (AvgIpc) is 2.26. The summed E-state index contributed by atoms with van der Waals surface area (Å²) >= 11 is 3.14. The summed E-state index contributed by atoms with van der Waals surface area (Å²) in [4.78, 5) is 13.3. The van der Waals surface area contributed by atoms with Crippen LogP contribution in [0.25, 0.3) is 0 Å². The van der Waals surface area contributed by atoms with Crippen molar-refractivity contribution < 1.29 is 9.18 Å². The number of carbonyl (C=O) groups excluding carboxylic acids is 1. The van der Waals surface area contributed by atoms with Crippen LogP contribution in [0.2, 0.25) is 0 Å². The second-order valence-corrected chi connectivity index (χ2v) is 4.54. The lowest BCUT2D eigenvalue weighted by molar-refractivity contribution is 0.0743. The van der Waals surface area contributed by atoms with Crippen LogP contribution in [0.3, 0.4) is 0 Å². The van der Waals surface area contributed by atoms with E-state index in [1.54, 1.807) is 13.1 Å². The summed E-state index contributed by atoms with van der Waals surface area (Å²) in [6.45, 7) is 2.16. The summed E-state index contributed by atoms with van der Waals surface area (Å²) in [5, 5.41) is 0. The van der Waals surface area contributed by atoms with Gasteiger partial charge in [-0.3, -0.25) is 4.79 Å². The standard InChI is InChI=1S/C11H14BrFN2O/c1-7(6-14)15(2)11(16)9-4-3-8(12)5-10(9)13/h3-5,7H,6,14H2,1-2H3. The maximum Gasteiger partial charge on any atom is 0.256 e. The molecule has 0 bridgehead atoms. The Hall–Kier alpha value is -0.940. The van der Waals surface area contributed by atoms with Crippen molar-refractivity contribution in [3.8, 4) is 0 Å². The molecule has 0 aliphatic rings. The number of nitrogens with zero attached hydrogens (tertiary/aromatic N) is 1. The molecule has 16 heavy (non-hydrogen) atoms. The van der Waals surface area contributed by atoms with Crippen molar-refractivity contribution in [3.63, 3.8) is 0 Å². The van der Waals surface area contributed by atoms with Gasteiger partial charge in [0.2, 0.25) is 0 Å². The fraction of sp³-hybridized carbons (Fsp3) is 0.364. The van der Waals surface area contributed by atoms with Crippen LogP contribution in [0, 0.1) is 5.82 Å². The lowest BCUT2D eigenvalue weighted by Crippen LogP contribution is -2.40. The first-order valence-electron chi connectivity index (χ1n) is 4.89. The summed E-state index contributed by atoms with van der Waals surface area (Å²) in [7, 11) is 1.61. The molecule has 0 radical (unpaired) electrons. The Kier molecular flexibility index (Phi) is 4.44. The van der Waals surface area contributed by atoms with Crippen LogP contribution in [-0.2, 0) is 0 Å². The number of amides is 1. The summed E-state index contributed by atoms with van der Waals surface area (Å²) in [6.07, 6.45) is 0. The molecule has 0 aromatic heterocycles. The number of halogens is 2. The zero-order chi connectivity index (χ0) is 12.3. The van der Waals surface area contributed by atoms with Gasteiger partial charge in [0.05, 0.1) is 5.56 Å². The van der Waals surface area contributed by atoms with Crippen LogP contribution in [0.5, 0.6) is 0 Å². The molecule has 1 unspecified atom stereocenters. The molecule has 0 saturated heterocycles. The minimum atomic E-state index is -0.532. The molecule has 0 heterocycles. The molecule has 1 rings (SSSR count). The zero-order valence-corrected chi connectivity index (χ0v) is 10.8. The molecular weight excluding hydrogens is 275 g/mol. The highest BCUT2D eigenvalue weighted by Gasteiger charge is 2.19. The molecule has 3 nitrogen and oxygen atoms in total. The fourth-order valence-electron chi connectivity index (χ4n) is 1.21. The summed E-state index contributed by atoms with van der Waals surface area (Å²) in [5.74, 6) is -0.890. The van der Waals surface area contributed by atoms with Gasteiger partial charge in [0.25, 0.3) is 5.91 Å². The molecule has 0 aliphatic heterocycles. The average molecular weight is 289 g/mol. The van der Waals surface area contributed by atoms with E-state index in [2.05, 4.69) is 15.9 Å². The number of hydrogen-bond acceptors (Lipinski definition) is 2. The topological polar surface area (TPSA) is 46.3 Å². The third-order valence-corrected chi connectivity index (χ3v) is 2.98. The van der Waals surface area contributed by atoms with Gasteiger partial charge in [-0.25, -0.2) is 4.39 Å². The first-order chi connectivity index (χ1) is 7.47. The monoisotopic (exact) mass is 288 g/mol. The molecule has 88 valence electrons. The zero-order valence-electron chi connectivity index (χ0n) is 9.21. The van der Waals surface area contributed by atoms with Gasteiger partial charge in [-0.2, -0.15) is 0 Å². The van der Waals surface area contributed by atoms with Crippen LogP contribution in [0.4, 0.5) is 4.39 Å². The Morgan fingerprint density at radius 1 is 1.62 bits per heavy atom. The van der Waals surface area contributed by atoms with Gasteiger partial charge < -0.3 is 10.6 Å². The van der Waals surface area contributed by atoms with Crippen LogP contribution in [0.15, 0.2) is 22.7 Å². The molecule has 0 spiro atoms. The van der Waals surface area contributed by atoms with E-state index in [0.717, 1.165) is 0 Å². The van der Waals surface area contributed by atoms with Gasteiger partial charge in [-0.15, -0.1) is 0 Å². The highest BCUT2D eigenvalue weighted by atomic mass is 79.9. The first-order valence-corrected chi connectivity index (χ1v) is 5.69. The number of carbonyl (C=O) groups is 1. The third-order valence-electron chi connectivity index (χ3n) is 2.48. The van der Waals surface area contributed by atoms with Gasteiger partial charge in [0.15, 0.2) is 0 Å². The number of nitrogens with two attached hydrogens (primary N) is 1. The van der Waals surface area contributed by atoms with Crippen molar-refractivity contribution in [2.45, 2.75) is 13.0 Å². The van der Waals surface area contributed by atoms with Crippen molar-refractivity contribution in [2.75, 3.05) is 13.6 Å². The predicted molar refractivity (Wildman–Crippen MR) is 64.7 cm³/mol. The van der Waals surface area contributed by atoms with E-state index in [-0.39, 0.29) is 17.5 Å². The van der Waals surface area contributed by atoms with Crippen molar-refractivity contribution in [1.29, 1.82) is 0 Å². The molecule has 1 atom stereocenters. The van der Waals surface area contributed by atoms with E-state index in [4.69, 9.17) is 5.73 Å². The van der Waals surface area contributed by atoms with Crippen molar-refractivity contribution in [2.24, 2.45) is 5.73 Å². The highest BCUT2D eigenvalue weighted by molar-refractivity contribution is 9.10. The van der Waals surface area contributed by atoms with Gasteiger partial charge >= 0.3 is 0 Å².